The smallest absolute Gasteiger partial charge is 0.249 e. The second kappa shape index (κ2) is 7.58. The number of likely N-dealkylation sites (N-methyl/N-ethyl adjacent to an activating group) is 1. The van der Waals surface area contributed by atoms with Gasteiger partial charge in [-0.25, -0.2) is 9.97 Å². The van der Waals surface area contributed by atoms with Crippen molar-refractivity contribution in [2.75, 3.05) is 19.4 Å². The summed E-state index contributed by atoms with van der Waals surface area (Å²) in [5.41, 5.74) is 1.70. The minimum Gasteiger partial charge on any atom is -0.354 e. The number of benzene rings is 1. The zero-order valence-electron chi connectivity index (χ0n) is 16.6. The summed E-state index contributed by atoms with van der Waals surface area (Å²) in [5, 5.41) is 8.59. The number of carbonyl (C=O) groups excluding carboxylic acids is 1. The van der Waals surface area contributed by atoms with Gasteiger partial charge in [-0.15, -0.1) is 0 Å². The zero-order valence-corrected chi connectivity index (χ0v) is 16.6. The van der Waals surface area contributed by atoms with Crippen LogP contribution >= 0.6 is 0 Å². The summed E-state index contributed by atoms with van der Waals surface area (Å²) < 4.78 is 1.77. The predicted octanol–water partition coefficient (Wildman–Crippen LogP) is 3.26. The van der Waals surface area contributed by atoms with Gasteiger partial charge >= 0.3 is 0 Å². The van der Waals surface area contributed by atoms with E-state index in [4.69, 9.17) is 9.97 Å². The van der Waals surface area contributed by atoms with E-state index in [0.29, 0.717) is 11.7 Å². The SMILES string of the molecule is CN(C)C(=O)[C@H](Nc1nc(C2CCCC2)nc2c1cnn2C)c1ccccc1. The Morgan fingerprint density at radius 2 is 1.89 bits per heavy atom. The predicted molar refractivity (Wildman–Crippen MR) is 109 cm³/mol. The Morgan fingerprint density at radius 1 is 1.18 bits per heavy atom. The Bertz CT molecular complexity index is 975. The van der Waals surface area contributed by atoms with E-state index in [0.717, 1.165) is 35.3 Å². The molecule has 1 aliphatic carbocycles. The Kier molecular flexibility index (Phi) is 4.98. The minimum absolute atomic E-state index is 0.0238. The maximum absolute atomic E-state index is 12.9. The molecule has 0 unspecified atom stereocenters. The number of aromatic nitrogens is 4. The summed E-state index contributed by atoms with van der Waals surface area (Å²) in [5.74, 6) is 1.87. The van der Waals surface area contributed by atoms with Crippen molar-refractivity contribution in [1.29, 1.82) is 0 Å². The molecule has 1 fully saturated rings. The van der Waals surface area contributed by atoms with Gasteiger partial charge in [-0.2, -0.15) is 5.10 Å². The number of hydrogen-bond donors (Lipinski definition) is 1. The van der Waals surface area contributed by atoms with Gasteiger partial charge in [0.25, 0.3) is 0 Å². The molecule has 1 amide bonds. The van der Waals surface area contributed by atoms with Crippen molar-refractivity contribution in [2.24, 2.45) is 7.05 Å². The molecule has 3 aromatic rings. The highest BCUT2D eigenvalue weighted by Gasteiger charge is 2.26. The highest BCUT2D eigenvalue weighted by molar-refractivity contribution is 5.91. The average molecular weight is 378 g/mol. The lowest BCUT2D eigenvalue weighted by molar-refractivity contribution is -0.129. The molecule has 2 aromatic heterocycles. The zero-order chi connectivity index (χ0) is 19.7. The molecule has 7 nitrogen and oxygen atoms in total. The van der Waals surface area contributed by atoms with Crippen molar-refractivity contribution in [1.82, 2.24) is 24.6 Å². The van der Waals surface area contributed by atoms with Crippen LogP contribution in [0.4, 0.5) is 5.82 Å². The molecule has 146 valence electrons. The summed E-state index contributed by atoms with van der Waals surface area (Å²) in [7, 11) is 5.42. The lowest BCUT2D eigenvalue weighted by Gasteiger charge is -2.23. The third-order valence-corrected chi connectivity index (χ3v) is 5.43. The normalized spacial score (nSPS) is 15.7. The van der Waals surface area contributed by atoms with E-state index in [1.807, 2.05) is 37.4 Å². The van der Waals surface area contributed by atoms with Gasteiger partial charge in [-0.05, 0) is 18.4 Å². The van der Waals surface area contributed by atoms with Crippen molar-refractivity contribution in [2.45, 2.75) is 37.6 Å². The van der Waals surface area contributed by atoms with E-state index in [1.54, 1.807) is 29.9 Å². The third-order valence-electron chi connectivity index (χ3n) is 5.43. The summed E-state index contributed by atoms with van der Waals surface area (Å²) >= 11 is 0. The number of nitrogens with one attached hydrogen (secondary N) is 1. The second-order valence-electron chi connectivity index (χ2n) is 7.64. The van der Waals surface area contributed by atoms with E-state index in [9.17, 15) is 4.79 Å². The van der Waals surface area contributed by atoms with Crippen LogP contribution in [0.5, 0.6) is 0 Å². The molecule has 28 heavy (non-hydrogen) atoms. The van der Waals surface area contributed by atoms with Crippen molar-refractivity contribution in [3.8, 4) is 0 Å². The molecular formula is C21H26N6O. The number of nitrogens with zero attached hydrogens (tertiary/aromatic N) is 5. The first-order valence-electron chi connectivity index (χ1n) is 9.77. The van der Waals surface area contributed by atoms with Crippen molar-refractivity contribution in [3.05, 3.63) is 47.9 Å². The monoisotopic (exact) mass is 378 g/mol. The maximum Gasteiger partial charge on any atom is 0.249 e. The highest BCUT2D eigenvalue weighted by Crippen LogP contribution is 2.34. The van der Waals surface area contributed by atoms with Crippen LogP contribution in [0.15, 0.2) is 36.5 Å². The molecule has 0 bridgehead atoms. The first kappa shape index (κ1) is 18.4. The Morgan fingerprint density at radius 3 is 2.57 bits per heavy atom. The molecule has 1 saturated carbocycles. The molecule has 4 rings (SSSR count). The maximum atomic E-state index is 12.9. The number of fused-ring (bicyclic) bond motifs is 1. The molecular weight excluding hydrogens is 352 g/mol. The molecule has 1 atom stereocenters. The highest BCUT2D eigenvalue weighted by atomic mass is 16.2. The Labute approximate surface area is 164 Å². The van der Waals surface area contributed by atoms with E-state index in [1.165, 1.54) is 12.8 Å². The lowest BCUT2D eigenvalue weighted by atomic mass is 10.1. The van der Waals surface area contributed by atoms with Crippen molar-refractivity contribution >= 4 is 22.8 Å². The first-order valence-corrected chi connectivity index (χ1v) is 9.77. The second-order valence-corrected chi connectivity index (χ2v) is 7.64. The Hall–Kier alpha value is -2.96. The summed E-state index contributed by atoms with van der Waals surface area (Å²) in [4.78, 5) is 24.2. The van der Waals surface area contributed by atoms with Crippen LogP contribution in [-0.4, -0.2) is 44.7 Å². The van der Waals surface area contributed by atoms with E-state index < -0.39 is 6.04 Å². The van der Waals surface area contributed by atoms with Gasteiger partial charge in [0.15, 0.2) is 5.65 Å². The van der Waals surface area contributed by atoms with Gasteiger partial charge in [0, 0.05) is 27.1 Å². The van der Waals surface area contributed by atoms with Gasteiger partial charge in [0.1, 0.15) is 17.7 Å². The van der Waals surface area contributed by atoms with Crippen LogP contribution in [0.25, 0.3) is 11.0 Å². The van der Waals surface area contributed by atoms with Crippen LogP contribution in [0.3, 0.4) is 0 Å². The fraction of sp³-hybridized carbons (Fsp3) is 0.429. The molecule has 0 radical (unpaired) electrons. The number of aryl methyl sites for hydroxylation is 1. The van der Waals surface area contributed by atoms with Crippen LogP contribution in [-0.2, 0) is 11.8 Å². The number of rotatable bonds is 5. The largest absolute Gasteiger partial charge is 0.354 e. The third kappa shape index (κ3) is 3.44. The van der Waals surface area contributed by atoms with Crippen molar-refractivity contribution in [3.63, 3.8) is 0 Å². The van der Waals surface area contributed by atoms with Gasteiger partial charge in [0.2, 0.25) is 5.91 Å². The molecule has 7 heteroatoms. The van der Waals surface area contributed by atoms with E-state index >= 15 is 0 Å². The molecule has 0 saturated heterocycles. The molecule has 1 N–H and O–H groups in total. The van der Waals surface area contributed by atoms with Crippen LogP contribution in [0, 0.1) is 0 Å². The minimum atomic E-state index is -0.522. The standard InChI is InChI=1S/C21H26N6O/c1-26(2)21(28)17(14-9-5-4-6-10-14)23-19-16-13-22-27(3)20(16)25-18(24-19)15-11-7-8-12-15/h4-6,9-10,13,15,17H,7-8,11-12H2,1-3H3,(H,23,24,25)/t17-/m1/s1. The summed E-state index contributed by atoms with van der Waals surface area (Å²) in [6.45, 7) is 0. The van der Waals surface area contributed by atoms with Crippen LogP contribution < -0.4 is 5.32 Å². The molecule has 2 heterocycles. The number of hydrogen-bond acceptors (Lipinski definition) is 5. The quantitative estimate of drug-likeness (QED) is 0.737. The van der Waals surface area contributed by atoms with Crippen LogP contribution in [0.1, 0.15) is 49.0 Å². The summed E-state index contributed by atoms with van der Waals surface area (Å²) in [6, 6.07) is 9.22. The molecule has 0 aliphatic heterocycles. The van der Waals surface area contributed by atoms with Crippen LogP contribution in [0.2, 0.25) is 0 Å². The summed E-state index contributed by atoms with van der Waals surface area (Å²) in [6.07, 6.45) is 6.42. The van der Waals surface area contributed by atoms with Crippen molar-refractivity contribution < 1.29 is 4.79 Å². The fourth-order valence-electron chi connectivity index (χ4n) is 3.84. The number of amides is 1. The fourth-order valence-corrected chi connectivity index (χ4v) is 3.84. The average Bonchev–Trinajstić information content (AvgIpc) is 3.36. The van der Waals surface area contributed by atoms with E-state index in [2.05, 4.69) is 10.4 Å². The molecule has 0 spiro atoms. The molecule has 1 aromatic carbocycles. The van der Waals surface area contributed by atoms with Gasteiger partial charge < -0.3 is 10.2 Å². The lowest BCUT2D eigenvalue weighted by Crippen LogP contribution is -2.33. The molecule has 1 aliphatic rings. The Balaban J connectivity index is 1.78. The van der Waals surface area contributed by atoms with E-state index in [-0.39, 0.29) is 5.91 Å². The van der Waals surface area contributed by atoms with Gasteiger partial charge in [-0.1, -0.05) is 43.2 Å². The van der Waals surface area contributed by atoms with Gasteiger partial charge in [0.05, 0.1) is 11.6 Å². The number of carbonyl (C=O) groups is 1. The topological polar surface area (TPSA) is 75.9 Å². The van der Waals surface area contributed by atoms with Gasteiger partial charge in [-0.3, -0.25) is 9.48 Å². The first-order chi connectivity index (χ1) is 13.5. The number of anilines is 1.